The fourth-order valence-corrected chi connectivity index (χ4v) is 4.15. The zero-order valence-corrected chi connectivity index (χ0v) is 16.1. The second kappa shape index (κ2) is 8.62. The summed E-state index contributed by atoms with van der Waals surface area (Å²) >= 11 is 0. The summed E-state index contributed by atoms with van der Waals surface area (Å²) in [6, 6.07) is 7.18. The minimum absolute atomic E-state index is 0.110. The van der Waals surface area contributed by atoms with Crippen LogP contribution in [0.15, 0.2) is 35.2 Å². The van der Waals surface area contributed by atoms with Crippen LogP contribution in [0.1, 0.15) is 25.1 Å². The maximum Gasteiger partial charge on any atom is 0.243 e. The highest BCUT2D eigenvalue weighted by Gasteiger charge is 2.18. The van der Waals surface area contributed by atoms with Crippen LogP contribution in [0, 0.1) is 12.7 Å². The summed E-state index contributed by atoms with van der Waals surface area (Å²) < 4.78 is 40.4. The van der Waals surface area contributed by atoms with Crippen molar-refractivity contribution in [3.05, 3.63) is 42.0 Å². The molecule has 0 atom stereocenters. The van der Waals surface area contributed by atoms with Crippen LogP contribution < -0.4 is 14.9 Å². The second-order valence-corrected chi connectivity index (χ2v) is 8.20. The largest absolute Gasteiger partial charge is 0.369 e. The summed E-state index contributed by atoms with van der Waals surface area (Å²) in [4.78, 5) is 10.7. The lowest BCUT2D eigenvalue weighted by Crippen LogP contribution is -2.31. The van der Waals surface area contributed by atoms with Crippen molar-refractivity contribution < 1.29 is 12.8 Å². The van der Waals surface area contributed by atoms with Gasteiger partial charge in [0.1, 0.15) is 28.2 Å². The number of anilines is 2. The molecule has 2 heterocycles. The molecule has 7 nitrogen and oxygen atoms in total. The molecule has 1 saturated heterocycles. The summed E-state index contributed by atoms with van der Waals surface area (Å²) in [5.74, 6) is 1.42. The van der Waals surface area contributed by atoms with Gasteiger partial charge in [-0.1, -0.05) is 12.1 Å². The molecule has 0 amide bonds. The van der Waals surface area contributed by atoms with Crippen LogP contribution in [-0.2, 0) is 10.0 Å². The average Bonchev–Trinajstić information content (AvgIpc) is 2.66. The van der Waals surface area contributed by atoms with Crippen molar-refractivity contribution >= 4 is 21.7 Å². The zero-order chi connectivity index (χ0) is 19.3. The average molecular weight is 393 g/mol. The number of sulfonamides is 1. The first-order valence-corrected chi connectivity index (χ1v) is 10.5. The molecule has 0 unspecified atom stereocenters. The lowest BCUT2D eigenvalue weighted by atomic mass is 10.1. The number of piperidine rings is 1. The highest BCUT2D eigenvalue weighted by atomic mass is 32.2. The fourth-order valence-electron chi connectivity index (χ4n) is 3.04. The van der Waals surface area contributed by atoms with Crippen LogP contribution in [0.5, 0.6) is 0 Å². The van der Waals surface area contributed by atoms with Gasteiger partial charge in [0.05, 0.1) is 0 Å². The molecule has 1 aromatic carbocycles. The number of rotatable bonds is 7. The van der Waals surface area contributed by atoms with Gasteiger partial charge < -0.3 is 10.2 Å². The van der Waals surface area contributed by atoms with Crippen molar-refractivity contribution in [1.29, 1.82) is 0 Å². The van der Waals surface area contributed by atoms with E-state index in [0.29, 0.717) is 18.2 Å². The number of aromatic nitrogens is 2. The predicted molar refractivity (Wildman–Crippen MR) is 103 cm³/mol. The normalized spacial score (nSPS) is 15.0. The Morgan fingerprint density at radius 3 is 2.59 bits per heavy atom. The third kappa shape index (κ3) is 5.14. The molecular formula is C18H24FN5O2S. The SMILES string of the molecule is Cc1nc(NCCNS(=O)(=O)c2ccccc2F)cc(N2CCCCC2)n1. The van der Waals surface area contributed by atoms with E-state index in [1.54, 1.807) is 0 Å². The molecule has 1 aromatic heterocycles. The molecule has 0 aliphatic carbocycles. The molecule has 0 spiro atoms. The standard InChI is InChI=1S/C18H24FN5O2S/c1-14-22-17(13-18(23-14)24-11-5-2-6-12-24)20-9-10-21-27(25,26)16-8-4-3-7-15(16)19/h3-4,7-8,13,21H,2,5-6,9-12H2,1H3,(H,20,22,23). The van der Waals surface area contributed by atoms with Crippen molar-refractivity contribution in [3.8, 4) is 0 Å². The molecule has 146 valence electrons. The molecule has 0 radical (unpaired) electrons. The Hall–Kier alpha value is -2.26. The minimum atomic E-state index is -3.88. The van der Waals surface area contributed by atoms with Gasteiger partial charge in [0, 0.05) is 32.2 Å². The van der Waals surface area contributed by atoms with E-state index in [2.05, 4.69) is 24.9 Å². The van der Waals surface area contributed by atoms with Crippen molar-refractivity contribution in [2.75, 3.05) is 36.4 Å². The summed E-state index contributed by atoms with van der Waals surface area (Å²) in [6.45, 7) is 4.23. The van der Waals surface area contributed by atoms with Gasteiger partial charge in [-0.3, -0.25) is 0 Å². The van der Waals surface area contributed by atoms with Crippen molar-refractivity contribution in [1.82, 2.24) is 14.7 Å². The molecule has 2 N–H and O–H groups in total. The number of nitrogens with one attached hydrogen (secondary N) is 2. The molecule has 0 bridgehead atoms. The van der Waals surface area contributed by atoms with E-state index in [4.69, 9.17) is 0 Å². The fraction of sp³-hybridized carbons (Fsp3) is 0.444. The van der Waals surface area contributed by atoms with Gasteiger partial charge in [-0.2, -0.15) is 0 Å². The van der Waals surface area contributed by atoms with Crippen LogP contribution in [-0.4, -0.2) is 44.6 Å². The Morgan fingerprint density at radius 1 is 1.11 bits per heavy atom. The van der Waals surface area contributed by atoms with Crippen LogP contribution >= 0.6 is 0 Å². The number of hydrogen-bond donors (Lipinski definition) is 2. The van der Waals surface area contributed by atoms with Crippen LogP contribution in [0.2, 0.25) is 0 Å². The molecule has 1 aliphatic rings. The molecule has 1 aliphatic heterocycles. The molecule has 27 heavy (non-hydrogen) atoms. The maximum absolute atomic E-state index is 13.7. The Labute approximate surface area is 159 Å². The zero-order valence-electron chi connectivity index (χ0n) is 15.3. The summed E-state index contributed by atoms with van der Waals surface area (Å²) in [6.07, 6.45) is 3.56. The van der Waals surface area contributed by atoms with E-state index in [1.807, 2.05) is 13.0 Å². The predicted octanol–water partition coefficient (Wildman–Crippen LogP) is 2.30. The molecule has 3 rings (SSSR count). The van der Waals surface area contributed by atoms with Crippen molar-refractivity contribution in [2.45, 2.75) is 31.1 Å². The molecule has 2 aromatic rings. The topological polar surface area (TPSA) is 87.2 Å². The second-order valence-electron chi connectivity index (χ2n) is 6.46. The van der Waals surface area contributed by atoms with Gasteiger partial charge in [0.25, 0.3) is 0 Å². The summed E-state index contributed by atoms with van der Waals surface area (Å²) in [7, 11) is -3.88. The minimum Gasteiger partial charge on any atom is -0.369 e. The van der Waals surface area contributed by atoms with E-state index in [-0.39, 0.29) is 11.4 Å². The van der Waals surface area contributed by atoms with Gasteiger partial charge in [-0.25, -0.2) is 27.5 Å². The monoisotopic (exact) mass is 393 g/mol. The first-order valence-electron chi connectivity index (χ1n) is 9.04. The number of benzene rings is 1. The van der Waals surface area contributed by atoms with Gasteiger partial charge in [0.2, 0.25) is 10.0 Å². The van der Waals surface area contributed by atoms with Crippen LogP contribution in [0.4, 0.5) is 16.0 Å². The molecular weight excluding hydrogens is 369 g/mol. The Bertz CT molecular complexity index is 885. The van der Waals surface area contributed by atoms with Crippen LogP contribution in [0.25, 0.3) is 0 Å². The first-order chi connectivity index (χ1) is 13.0. The molecule has 1 fully saturated rings. The highest BCUT2D eigenvalue weighted by molar-refractivity contribution is 7.89. The number of nitrogens with zero attached hydrogens (tertiary/aromatic N) is 3. The van der Waals surface area contributed by atoms with Gasteiger partial charge >= 0.3 is 0 Å². The lowest BCUT2D eigenvalue weighted by molar-refractivity contribution is 0.558. The smallest absolute Gasteiger partial charge is 0.243 e. The lowest BCUT2D eigenvalue weighted by Gasteiger charge is -2.28. The maximum atomic E-state index is 13.7. The molecule has 0 saturated carbocycles. The highest BCUT2D eigenvalue weighted by Crippen LogP contribution is 2.20. The van der Waals surface area contributed by atoms with E-state index in [1.165, 1.54) is 24.6 Å². The van der Waals surface area contributed by atoms with Gasteiger partial charge in [-0.15, -0.1) is 0 Å². The third-order valence-corrected chi connectivity index (χ3v) is 5.85. The Morgan fingerprint density at radius 2 is 1.85 bits per heavy atom. The quantitative estimate of drug-likeness (QED) is 0.702. The van der Waals surface area contributed by atoms with Gasteiger partial charge in [0.15, 0.2) is 0 Å². The Kier molecular flexibility index (Phi) is 6.22. The number of aryl methyl sites for hydroxylation is 1. The van der Waals surface area contributed by atoms with E-state index in [9.17, 15) is 12.8 Å². The van der Waals surface area contributed by atoms with E-state index in [0.717, 1.165) is 37.8 Å². The number of hydrogen-bond acceptors (Lipinski definition) is 6. The van der Waals surface area contributed by atoms with E-state index >= 15 is 0 Å². The number of halogens is 1. The summed E-state index contributed by atoms with van der Waals surface area (Å²) in [5, 5.41) is 3.11. The first kappa shape index (κ1) is 19.5. The summed E-state index contributed by atoms with van der Waals surface area (Å²) in [5.41, 5.74) is 0. The van der Waals surface area contributed by atoms with E-state index < -0.39 is 15.8 Å². The van der Waals surface area contributed by atoms with Gasteiger partial charge in [-0.05, 0) is 38.3 Å². The molecule has 9 heteroatoms. The van der Waals surface area contributed by atoms with Crippen LogP contribution in [0.3, 0.4) is 0 Å². The van der Waals surface area contributed by atoms with Crippen molar-refractivity contribution in [2.24, 2.45) is 0 Å². The van der Waals surface area contributed by atoms with Crippen molar-refractivity contribution in [3.63, 3.8) is 0 Å². The Balaban J connectivity index is 1.57. The third-order valence-electron chi connectivity index (χ3n) is 4.35.